The molecule has 3 aromatic carbocycles. The molecule has 160 valence electrons. The van der Waals surface area contributed by atoms with Crippen LogP contribution in [0.3, 0.4) is 0 Å². The van der Waals surface area contributed by atoms with Gasteiger partial charge in [0.2, 0.25) is 5.91 Å². The molecule has 0 aromatic heterocycles. The third-order valence-electron chi connectivity index (χ3n) is 5.35. The van der Waals surface area contributed by atoms with Crippen molar-refractivity contribution in [2.24, 2.45) is 4.99 Å². The average Bonchev–Trinajstić information content (AvgIpc) is 3.10. The number of rotatable bonds is 5. The van der Waals surface area contributed by atoms with E-state index in [1.807, 2.05) is 0 Å². The van der Waals surface area contributed by atoms with E-state index in [0.717, 1.165) is 5.56 Å². The first-order valence-corrected chi connectivity index (χ1v) is 10.1. The van der Waals surface area contributed by atoms with Crippen molar-refractivity contribution in [2.45, 2.75) is 19.8 Å². The van der Waals surface area contributed by atoms with E-state index in [1.54, 1.807) is 73.7 Å². The van der Waals surface area contributed by atoms with Gasteiger partial charge in [0.1, 0.15) is 5.92 Å². The molecule has 1 aliphatic heterocycles. The largest absolute Gasteiger partial charge is 0.397 e. The maximum absolute atomic E-state index is 12.5. The molecule has 0 spiro atoms. The second kappa shape index (κ2) is 8.47. The van der Waals surface area contributed by atoms with Gasteiger partial charge < -0.3 is 16.4 Å². The number of amides is 2. The first kappa shape index (κ1) is 21.0. The zero-order chi connectivity index (χ0) is 22.8. The van der Waals surface area contributed by atoms with Gasteiger partial charge in [0.25, 0.3) is 5.91 Å². The zero-order valence-corrected chi connectivity index (χ0v) is 17.7. The molecule has 4 rings (SSSR count). The van der Waals surface area contributed by atoms with E-state index >= 15 is 0 Å². The smallest absolute Gasteiger partial charge is 0.255 e. The van der Waals surface area contributed by atoms with E-state index in [9.17, 15) is 14.4 Å². The first-order valence-electron chi connectivity index (χ1n) is 10.1. The Hall–Kier alpha value is -4.26. The third-order valence-corrected chi connectivity index (χ3v) is 5.35. The summed E-state index contributed by atoms with van der Waals surface area (Å²) >= 11 is 0. The zero-order valence-electron chi connectivity index (χ0n) is 17.7. The van der Waals surface area contributed by atoms with Gasteiger partial charge in [-0.1, -0.05) is 12.1 Å². The van der Waals surface area contributed by atoms with E-state index in [4.69, 9.17) is 5.73 Å². The highest BCUT2D eigenvalue weighted by molar-refractivity contribution is 6.18. The van der Waals surface area contributed by atoms with Crippen LogP contribution in [0.25, 0.3) is 0 Å². The highest BCUT2D eigenvalue weighted by Gasteiger charge is 2.33. The molecule has 7 nitrogen and oxygen atoms in total. The van der Waals surface area contributed by atoms with Crippen LogP contribution < -0.4 is 16.4 Å². The Labute approximate surface area is 185 Å². The van der Waals surface area contributed by atoms with Crippen LogP contribution in [-0.2, 0) is 4.79 Å². The summed E-state index contributed by atoms with van der Waals surface area (Å²) in [6.07, 6.45) is 0. The maximum atomic E-state index is 12.5. The molecule has 0 aliphatic carbocycles. The standard InChI is InChI=1S/C25H22N4O3/c1-14(23-19-13-17(15(2)30)9-12-21(19)28-25(23)32)27-18-10-7-16(8-11-18)24(31)29-22-6-4-3-5-20(22)26/h3-13,23H,26H2,1-2H3,(H,28,32)(H,29,31). The average molecular weight is 426 g/mol. The van der Waals surface area contributed by atoms with Crippen molar-refractivity contribution in [1.29, 1.82) is 0 Å². The van der Waals surface area contributed by atoms with Crippen LogP contribution in [0.5, 0.6) is 0 Å². The topological polar surface area (TPSA) is 114 Å². The molecule has 0 fully saturated rings. The number of nitrogens with two attached hydrogens (primary N) is 1. The Morgan fingerprint density at radius 1 is 0.969 bits per heavy atom. The van der Waals surface area contributed by atoms with Crippen molar-refractivity contribution in [3.05, 3.63) is 83.4 Å². The minimum absolute atomic E-state index is 0.0633. The van der Waals surface area contributed by atoms with Crippen LogP contribution in [0, 0.1) is 0 Å². The fourth-order valence-corrected chi connectivity index (χ4v) is 3.66. The Morgan fingerprint density at radius 2 is 1.66 bits per heavy atom. The summed E-state index contributed by atoms with van der Waals surface area (Å²) in [6.45, 7) is 3.27. The van der Waals surface area contributed by atoms with E-state index in [0.29, 0.717) is 39.6 Å². The predicted molar refractivity (Wildman–Crippen MR) is 126 cm³/mol. The van der Waals surface area contributed by atoms with E-state index in [-0.39, 0.29) is 17.6 Å². The molecular weight excluding hydrogens is 404 g/mol. The SMILES string of the molecule is CC(=O)c1ccc2c(c1)C(C(C)=Nc1ccc(C(=O)Nc3ccccc3N)cc1)C(=O)N2. The van der Waals surface area contributed by atoms with Crippen molar-refractivity contribution in [2.75, 3.05) is 16.4 Å². The van der Waals surface area contributed by atoms with E-state index in [1.165, 1.54) is 6.92 Å². The van der Waals surface area contributed by atoms with Crippen LogP contribution >= 0.6 is 0 Å². The van der Waals surface area contributed by atoms with Crippen LogP contribution in [-0.4, -0.2) is 23.3 Å². The number of benzene rings is 3. The summed E-state index contributed by atoms with van der Waals surface area (Å²) in [6, 6.07) is 19.0. The number of carbonyl (C=O) groups is 3. The number of fused-ring (bicyclic) bond motifs is 1. The van der Waals surface area contributed by atoms with Gasteiger partial charge in [-0.2, -0.15) is 0 Å². The molecule has 1 heterocycles. The summed E-state index contributed by atoms with van der Waals surface area (Å²) < 4.78 is 0. The molecule has 4 N–H and O–H groups in total. The number of carbonyl (C=O) groups excluding carboxylic acids is 3. The molecule has 0 bridgehead atoms. The fourth-order valence-electron chi connectivity index (χ4n) is 3.66. The number of nitrogens with zero attached hydrogens (tertiary/aromatic N) is 1. The van der Waals surface area contributed by atoms with Crippen molar-refractivity contribution in [3.63, 3.8) is 0 Å². The van der Waals surface area contributed by atoms with E-state index in [2.05, 4.69) is 15.6 Å². The number of hydrogen-bond acceptors (Lipinski definition) is 5. The number of para-hydroxylation sites is 2. The number of aliphatic imine (C=N–C) groups is 1. The normalized spacial score (nSPS) is 15.1. The van der Waals surface area contributed by atoms with Gasteiger partial charge in [0.05, 0.1) is 17.1 Å². The van der Waals surface area contributed by atoms with Gasteiger partial charge in [-0.05, 0) is 74.0 Å². The molecule has 3 aromatic rings. The molecule has 7 heteroatoms. The number of nitrogens with one attached hydrogen (secondary N) is 2. The summed E-state index contributed by atoms with van der Waals surface area (Å²) in [4.78, 5) is 41.4. The summed E-state index contributed by atoms with van der Waals surface area (Å²) in [5.41, 5.74) is 10.5. The van der Waals surface area contributed by atoms with Crippen molar-refractivity contribution in [3.8, 4) is 0 Å². The Balaban J connectivity index is 1.54. The number of Topliss-reactive ketones (excluding diaryl/α,β-unsaturated/α-hetero) is 1. The van der Waals surface area contributed by atoms with Crippen LogP contribution in [0.1, 0.15) is 46.0 Å². The summed E-state index contributed by atoms with van der Waals surface area (Å²) in [5.74, 6) is -1.10. The lowest BCUT2D eigenvalue weighted by molar-refractivity contribution is -0.115. The fraction of sp³-hybridized carbons (Fsp3) is 0.120. The third kappa shape index (κ3) is 4.13. The Morgan fingerprint density at radius 3 is 2.34 bits per heavy atom. The van der Waals surface area contributed by atoms with Gasteiger partial charge in [-0.25, -0.2) is 0 Å². The molecule has 0 radical (unpaired) electrons. The van der Waals surface area contributed by atoms with Gasteiger partial charge in [-0.3, -0.25) is 19.4 Å². The lowest BCUT2D eigenvalue weighted by atomic mass is 9.94. The molecule has 1 aliphatic rings. The minimum Gasteiger partial charge on any atom is -0.397 e. The Kier molecular flexibility index (Phi) is 5.55. The van der Waals surface area contributed by atoms with Crippen LogP contribution in [0.2, 0.25) is 0 Å². The van der Waals surface area contributed by atoms with Crippen molar-refractivity contribution >= 4 is 46.1 Å². The highest BCUT2D eigenvalue weighted by Crippen LogP contribution is 2.35. The van der Waals surface area contributed by atoms with Gasteiger partial charge in [-0.15, -0.1) is 0 Å². The lowest BCUT2D eigenvalue weighted by Crippen LogP contribution is -2.18. The van der Waals surface area contributed by atoms with Crippen molar-refractivity contribution < 1.29 is 14.4 Å². The maximum Gasteiger partial charge on any atom is 0.255 e. The molecule has 32 heavy (non-hydrogen) atoms. The second-order valence-corrected chi connectivity index (χ2v) is 7.62. The molecule has 1 unspecified atom stereocenters. The summed E-state index contributed by atoms with van der Waals surface area (Å²) in [7, 11) is 0. The Bertz CT molecular complexity index is 1260. The highest BCUT2D eigenvalue weighted by atomic mass is 16.2. The number of ketones is 1. The minimum atomic E-state index is -0.576. The molecule has 0 saturated carbocycles. The number of anilines is 3. The second-order valence-electron chi connectivity index (χ2n) is 7.62. The summed E-state index contributed by atoms with van der Waals surface area (Å²) in [5, 5.41) is 5.62. The van der Waals surface area contributed by atoms with Gasteiger partial charge >= 0.3 is 0 Å². The first-order chi connectivity index (χ1) is 15.3. The number of nitrogen functional groups attached to an aromatic ring is 1. The number of hydrogen-bond donors (Lipinski definition) is 3. The molecular formula is C25H22N4O3. The monoisotopic (exact) mass is 426 g/mol. The predicted octanol–water partition coefficient (Wildman–Crippen LogP) is 4.55. The molecule has 1 atom stereocenters. The van der Waals surface area contributed by atoms with Crippen molar-refractivity contribution in [1.82, 2.24) is 0 Å². The lowest BCUT2D eigenvalue weighted by Gasteiger charge is -2.10. The van der Waals surface area contributed by atoms with Crippen LogP contribution in [0.4, 0.5) is 22.7 Å². The molecule has 0 saturated heterocycles. The van der Waals surface area contributed by atoms with Gasteiger partial charge in [0.15, 0.2) is 5.78 Å². The quantitative estimate of drug-likeness (QED) is 0.315. The van der Waals surface area contributed by atoms with E-state index < -0.39 is 5.92 Å². The van der Waals surface area contributed by atoms with Crippen LogP contribution in [0.15, 0.2) is 71.7 Å². The molecule has 2 amide bonds. The van der Waals surface area contributed by atoms with Gasteiger partial charge in [0, 0.05) is 22.5 Å².